The Balaban J connectivity index is 1.27. The van der Waals surface area contributed by atoms with E-state index in [1.165, 1.54) is 0 Å². The summed E-state index contributed by atoms with van der Waals surface area (Å²) in [6.45, 7) is 6.53. The zero-order valence-corrected chi connectivity index (χ0v) is 21.6. The number of anilines is 2. The van der Waals surface area contributed by atoms with Gasteiger partial charge in [-0.1, -0.05) is 0 Å². The number of thiophene rings is 1. The number of benzene rings is 1. The molecule has 0 saturated carbocycles. The van der Waals surface area contributed by atoms with Crippen LogP contribution in [0.5, 0.6) is 0 Å². The molecule has 4 aromatic rings. The number of amides is 1. The summed E-state index contributed by atoms with van der Waals surface area (Å²) in [6, 6.07) is 13.2. The maximum Gasteiger partial charge on any atom is 0.257 e. The SMILES string of the molecule is Cc1ncccc1C(=O)Nc1ccc2sc(-c3ccnc(NCCN4C(O)NC(O)C4(C)C)n3)cc2c1. The number of nitrogens with zero attached hydrogens (tertiary/aromatic N) is 4. The van der Waals surface area contributed by atoms with Crippen molar-refractivity contribution in [2.24, 2.45) is 0 Å². The number of aromatic nitrogens is 3. The molecular weight excluding hydrogens is 490 g/mol. The lowest BCUT2D eigenvalue weighted by Crippen LogP contribution is -2.49. The van der Waals surface area contributed by atoms with Crippen molar-refractivity contribution < 1.29 is 15.0 Å². The Bertz CT molecular complexity index is 1440. The molecule has 0 spiro atoms. The van der Waals surface area contributed by atoms with Crippen molar-refractivity contribution in [3.8, 4) is 10.6 Å². The number of hydrogen-bond donors (Lipinski definition) is 5. The highest BCUT2D eigenvalue weighted by Gasteiger charge is 2.45. The number of rotatable bonds is 7. The maximum atomic E-state index is 12.7. The van der Waals surface area contributed by atoms with Crippen molar-refractivity contribution in [1.29, 1.82) is 0 Å². The molecule has 10 nitrogen and oxygen atoms in total. The van der Waals surface area contributed by atoms with E-state index in [2.05, 4.69) is 30.9 Å². The Kier molecular flexibility index (Phi) is 6.88. The van der Waals surface area contributed by atoms with Crippen LogP contribution in [0.15, 0.2) is 54.9 Å². The molecule has 2 atom stereocenters. The number of nitrogens with one attached hydrogen (secondary N) is 3. The topological polar surface area (TPSA) is 136 Å². The minimum Gasteiger partial charge on any atom is -0.377 e. The molecule has 0 bridgehead atoms. The van der Waals surface area contributed by atoms with E-state index in [4.69, 9.17) is 0 Å². The molecule has 37 heavy (non-hydrogen) atoms. The van der Waals surface area contributed by atoms with Crippen LogP contribution in [-0.2, 0) is 0 Å². The van der Waals surface area contributed by atoms with Crippen molar-refractivity contribution in [2.75, 3.05) is 23.7 Å². The lowest BCUT2D eigenvalue weighted by molar-refractivity contribution is -0.0191. The lowest BCUT2D eigenvalue weighted by atomic mass is 10.0. The van der Waals surface area contributed by atoms with Crippen molar-refractivity contribution in [2.45, 2.75) is 38.9 Å². The molecular formula is C26H29N7O3S. The Morgan fingerprint density at radius 3 is 2.76 bits per heavy atom. The second kappa shape index (κ2) is 10.1. The molecule has 5 rings (SSSR count). The largest absolute Gasteiger partial charge is 0.377 e. The third-order valence-electron chi connectivity index (χ3n) is 6.58. The second-order valence-electron chi connectivity index (χ2n) is 9.44. The Morgan fingerprint density at radius 2 is 2.00 bits per heavy atom. The van der Waals surface area contributed by atoms with Gasteiger partial charge in [0, 0.05) is 41.6 Å². The highest BCUT2D eigenvalue weighted by molar-refractivity contribution is 7.22. The fourth-order valence-electron chi connectivity index (χ4n) is 4.36. The number of aliphatic hydroxyl groups excluding tert-OH is 2. The first-order valence-corrected chi connectivity index (χ1v) is 12.8. The Hall–Kier alpha value is -3.48. The average molecular weight is 520 g/mol. The van der Waals surface area contributed by atoms with Crippen LogP contribution in [0, 0.1) is 6.92 Å². The van der Waals surface area contributed by atoms with Crippen LogP contribution in [0.25, 0.3) is 20.7 Å². The van der Waals surface area contributed by atoms with Crippen LogP contribution in [0.1, 0.15) is 29.9 Å². The number of fused-ring (bicyclic) bond motifs is 1. The predicted octanol–water partition coefficient (Wildman–Crippen LogP) is 3.00. The quantitative estimate of drug-likeness (QED) is 0.250. The van der Waals surface area contributed by atoms with Crippen LogP contribution >= 0.6 is 11.3 Å². The molecule has 4 heterocycles. The molecule has 0 radical (unpaired) electrons. The number of hydrogen-bond acceptors (Lipinski definition) is 10. The molecule has 0 aliphatic carbocycles. The fourth-order valence-corrected chi connectivity index (χ4v) is 5.37. The molecule has 1 saturated heterocycles. The summed E-state index contributed by atoms with van der Waals surface area (Å²) in [5.74, 6) is 0.289. The third-order valence-corrected chi connectivity index (χ3v) is 7.72. The Morgan fingerprint density at radius 1 is 1.16 bits per heavy atom. The van der Waals surface area contributed by atoms with E-state index in [9.17, 15) is 15.0 Å². The third kappa shape index (κ3) is 5.17. The molecule has 1 aliphatic rings. The summed E-state index contributed by atoms with van der Waals surface area (Å²) < 4.78 is 1.08. The fraction of sp³-hybridized carbons (Fsp3) is 0.308. The van der Waals surface area contributed by atoms with E-state index in [1.54, 1.807) is 40.8 Å². The standard InChI is InChI=1S/C26H29N7O3S/c1-15-18(5-4-9-27-15)22(34)30-17-6-7-20-16(13-17)14-21(37-20)19-8-10-28-24(31-19)29-11-12-33-25(36)32-23(35)26(33,2)3/h4-10,13-14,23,25,32,35-36H,11-12H2,1-3H3,(H,30,34)(H,28,29,31). The number of pyridine rings is 1. The molecule has 11 heteroatoms. The normalized spacial score (nSPS) is 19.3. The minimum absolute atomic E-state index is 0.193. The molecule has 1 aliphatic heterocycles. The van der Waals surface area contributed by atoms with E-state index < -0.39 is 18.1 Å². The predicted molar refractivity (Wildman–Crippen MR) is 144 cm³/mol. The number of aryl methyl sites for hydroxylation is 1. The number of aliphatic hydroxyl groups is 2. The summed E-state index contributed by atoms with van der Waals surface area (Å²) in [7, 11) is 0. The smallest absolute Gasteiger partial charge is 0.257 e. The molecule has 1 aromatic carbocycles. The van der Waals surface area contributed by atoms with Gasteiger partial charge in [-0.15, -0.1) is 11.3 Å². The zero-order chi connectivity index (χ0) is 26.2. The first kappa shape index (κ1) is 25.2. The lowest BCUT2D eigenvalue weighted by Gasteiger charge is -2.33. The molecule has 2 unspecified atom stereocenters. The van der Waals surface area contributed by atoms with Crippen LogP contribution in [0.4, 0.5) is 11.6 Å². The van der Waals surface area contributed by atoms with Crippen molar-refractivity contribution in [3.63, 3.8) is 0 Å². The first-order chi connectivity index (χ1) is 17.7. The van der Waals surface area contributed by atoms with Gasteiger partial charge >= 0.3 is 0 Å². The van der Waals surface area contributed by atoms with Gasteiger partial charge in [-0.25, -0.2) is 9.97 Å². The van der Waals surface area contributed by atoms with E-state index in [-0.39, 0.29) is 5.91 Å². The van der Waals surface area contributed by atoms with Gasteiger partial charge < -0.3 is 20.8 Å². The van der Waals surface area contributed by atoms with Gasteiger partial charge in [-0.2, -0.15) is 0 Å². The van der Waals surface area contributed by atoms with Gasteiger partial charge in [-0.05, 0) is 68.6 Å². The number of carbonyl (C=O) groups is 1. The van der Waals surface area contributed by atoms with Gasteiger partial charge in [0.1, 0.15) is 6.23 Å². The summed E-state index contributed by atoms with van der Waals surface area (Å²) in [5.41, 5.74) is 2.12. The summed E-state index contributed by atoms with van der Waals surface area (Å²) >= 11 is 1.61. The van der Waals surface area contributed by atoms with Crippen LogP contribution in [-0.4, -0.2) is 67.2 Å². The van der Waals surface area contributed by atoms with Gasteiger partial charge in [-0.3, -0.25) is 20.0 Å². The summed E-state index contributed by atoms with van der Waals surface area (Å²) in [6.07, 6.45) is 1.64. The zero-order valence-electron chi connectivity index (χ0n) is 20.8. The average Bonchev–Trinajstić information content (AvgIpc) is 3.38. The highest BCUT2D eigenvalue weighted by atomic mass is 32.1. The van der Waals surface area contributed by atoms with Gasteiger partial charge in [0.2, 0.25) is 5.95 Å². The maximum absolute atomic E-state index is 12.7. The minimum atomic E-state index is -0.916. The van der Waals surface area contributed by atoms with Crippen molar-refractivity contribution in [3.05, 3.63) is 66.1 Å². The molecule has 1 amide bonds. The van der Waals surface area contributed by atoms with Crippen molar-refractivity contribution in [1.82, 2.24) is 25.2 Å². The molecule has 3 aromatic heterocycles. The molecule has 1 fully saturated rings. The van der Waals surface area contributed by atoms with Crippen molar-refractivity contribution >= 4 is 39.0 Å². The molecule has 5 N–H and O–H groups in total. The first-order valence-electron chi connectivity index (χ1n) is 11.9. The van der Waals surface area contributed by atoms with E-state index in [0.29, 0.717) is 36.0 Å². The van der Waals surface area contributed by atoms with E-state index >= 15 is 0 Å². The van der Waals surface area contributed by atoms with Gasteiger partial charge in [0.05, 0.1) is 21.7 Å². The van der Waals surface area contributed by atoms with Gasteiger partial charge in [0.25, 0.3) is 5.91 Å². The Labute approximate surface area is 218 Å². The summed E-state index contributed by atoms with van der Waals surface area (Å²) in [4.78, 5) is 28.6. The monoisotopic (exact) mass is 519 g/mol. The van der Waals surface area contributed by atoms with Gasteiger partial charge in [0.15, 0.2) is 6.35 Å². The van der Waals surface area contributed by atoms with Crippen LogP contribution in [0.3, 0.4) is 0 Å². The van der Waals surface area contributed by atoms with E-state index in [0.717, 1.165) is 20.7 Å². The summed E-state index contributed by atoms with van der Waals surface area (Å²) in [5, 5.41) is 30.1. The number of carbonyl (C=O) groups excluding carboxylic acids is 1. The molecule has 192 valence electrons. The second-order valence-corrected chi connectivity index (χ2v) is 10.5. The van der Waals surface area contributed by atoms with Crippen LogP contribution in [0.2, 0.25) is 0 Å². The highest BCUT2D eigenvalue weighted by Crippen LogP contribution is 2.34. The van der Waals surface area contributed by atoms with Crippen LogP contribution < -0.4 is 16.0 Å². The van der Waals surface area contributed by atoms with E-state index in [1.807, 2.05) is 51.1 Å².